The number of halogens is 3. The van der Waals surface area contributed by atoms with Crippen molar-refractivity contribution < 1.29 is 26.3 Å². The van der Waals surface area contributed by atoms with Crippen molar-refractivity contribution >= 4 is 15.7 Å². The summed E-state index contributed by atoms with van der Waals surface area (Å²) in [5.41, 5.74) is 5.33. The van der Waals surface area contributed by atoms with E-state index in [2.05, 4.69) is 9.46 Å². The number of nitrogens with two attached hydrogens (primary N) is 1. The Hall–Kier alpha value is -1.48. The van der Waals surface area contributed by atoms with E-state index >= 15 is 0 Å². The van der Waals surface area contributed by atoms with Crippen molar-refractivity contribution in [2.45, 2.75) is 25.0 Å². The van der Waals surface area contributed by atoms with Crippen LogP contribution in [0.4, 0.5) is 18.9 Å². The molecule has 0 radical (unpaired) electrons. The van der Waals surface area contributed by atoms with Gasteiger partial charge < -0.3 is 10.5 Å². The number of alkyl halides is 3. The Morgan fingerprint density at radius 3 is 2.55 bits per heavy atom. The first-order valence-corrected chi connectivity index (χ1v) is 7.30. The van der Waals surface area contributed by atoms with Gasteiger partial charge in [0.1, 0.15) is 5.75 Å². The molecule has 1 aromatic rings. The summed E-state index contributed by atoms with van der Waals surface area (Å²) in [4.78, 5) is 0. The van der Waals surface area contributed by atoms with Crippen molar-refractivity contribution in [3.63, 3.8) is 0 Å². The van der Waals surface area contributed by atoms with E-state index in [9.17, 15) is 21.6 Å². The minimum Gasteiger partial charge on any atom is -0.406 e. The molecule has 1 unspecified atom stereocenters. The van der Waals surface area contributed by atoms with Crippen LogP contribution in [0.15, 0.2) is 24.3 Å². The predicted octanol–water partition coefficient (Wildman–Crippen LogP) is 2.06. The molecule has 0 saturated carbocycles. The van der Waals surface area contributed by atoms with E-state index in [-0.39, 0.29) is 12.2 Å². The van der Waals surface area contributed by atoms with Crippen molar-refractivity contribution in [1.29, 1.82) is 0 Å². The smallest absolute Gasteiger partial charge is 0.406 e. The standard InChI is InChI=1S/C11H15F3N2O3S/c1-2-10(7-15)20(17,18)16-8-4-3-5-9(6-8)19-11(12,13)14/h3-6,10,16H,2,7,15H2,1H3. The third-order valence-electron chi connectivity index (χ3n) is 2.48. The summed E-state index contributed by atoms with van der Waals surface area (Å²) in [5, 5.41) is -0.810. The number of sulfonamides is 1. The zero-order valence-corrected chi connectivity index (χ0v) is 11.5. The van der Waals surface area contributed by atoms with Crippen LogP contribution in [0.3, 0.4) is 0 Å². The average Bonchev–Trinajstić information content (AvgIpc) is 2.27. The van der Waals surface area contributed by atoms with Gasteiger partial charge in [0.15, 0.2) is 0 Å². The molecule has 0 heterocycles. The Labute approximate surface area is 115 Å². The highest BCUT2D eigenvalue weighted by molar-refractivity contribution is 7.93. The van der Waals surface area contributed by atoms with Crippen molar-refractivity contribution in [2.24, 2.45) is 5.73 Å². The molecule has 0 aliphatic carbocycles. The molecule has 5 nitrogen and oxygen atoms in total. The molecule has 0 aliphatic heterocycles. The van der Waals surface area contributed by atoms with Gasteiger partial charge in [0.05, 0.1) is 10.9 Å². The maximum Gasteiger partial charge on any atom is 0.573 e. The quantitative estimate of drug-likeness (QED) is 0.842. The summed E-state index contributed by atoms with van der Waals surface area (Å²) in [5.74, 6) is -0.501. The van der Waals surface area contributed by atoms with Crippen LogP contribution in [0.2, 0.25) is 0 Å². The fourth-order valence-electron chi connectivity index (χ4n) is 1.52. The highest BCUT2D eigenvalue weighted by Gasteiger charge is 2.31. The molecule has 0 aromatic heterocycles. The van der Waals surface area contributed by atoms with Crippen molar-refractivity contribution in [2.75, 3.05) is 11.3 Å². The zero-order chi connectivity index (χ0) is 15.4. The maximum absolute atomic E-state index is 12.1. The van der Waals surface area contributed by atoms with Gasteiger partial charge in [-0.2, -0.15) is 0 Å². The minimum absolute atomic E-state index is 0.0151. The summed E-state index contributed by atoms with van der Waals surface area (Å²) < 4.78 is 65.9. The molecule has 0 bridgehead atoms. The van der Waals surface area contributed by atoms with Gasteiger partial charge >= 0.3 is 6.36 Å². The van der Waals surface area contributed by atoms with Crippen LogP contribution in [0.5, 0.6) is 5.75 Å². The molecule has 3 N–H and O–H groups in total. The molecular formula is C11H15F3N2O3S. The van der Waals surface area contributed by atoms with Crippen LogP contribution < -0.4 is 15.2 Å². The second kappa shape index (κ2) is 6.31. The number of hydrogen-bond donors (Lipinski definition) is 2. The number of hydrogen-bond acceptors (Lipinski definition) is 4. The van der Waals surface area contributed by atoms with Crippen LogP contribution in [-0.2, 0) is 10.0 Å². The van der Waals surface area contributed by atoms with E-state index in [1.807, 2.05) is 0 Å². The Bertz CT molecular complexity index is 542. The summed E-state index contributed by atoms with van der Waals surface area (Å²) in [6.45, 7) is 1.57. The molecule has 9 heteroatoms. The first-order chi connectivity index (χ1) is 9.18. The van der Waals surface area contributed by atoms with Gasteiger partial charge in [0, 0.05) is 12.6 Å². The number of benzene rings is 1. The van der Waals surface area contributed by atoms with Gasteiger partial charge in [-0.15, -0.1) is 13.2 Å². The number of nitrogens with one attached hydrogen (secondary N) is 1. The molecule has 1 atom stereocenters. The van der Waals surface area contributed by atoms with E-state index in [1.54, 1.807) is 6.92 Å². The zero-order valence-electron chi connectivity index (χ0n) is 10.6. The average molecular weight is 312 g/mol. The monoisotopic (exact) mass is 312 g/mol. The van der Waals surface area contributed by atoms with Gasteiger partial charge in [0.2, 0.25) is 10.0 Å². The van der Waals surface area contributed by atoms with E-state index in [1.165, 1.54) is 12.1 Å². The van der Waals surface area contributed by atoms with Gasteiger partial charge in [0.25, 0.3) is 0 Å². The van der Waals surface area contributed by atoms with E-state index in [4.69, 9.17) is 5.73 Å². The van der Waals surface area contributed by atoms with Crippen LogP contribution in [0.1, 0.15) is 13.3 Å². The first-order valence-electron chi connectivity index (χ1n) is 5.75. The molecule has 1 aromatic carbocycles. The fourth-order valence-corrected chi connectivity index (χ4v) is 2.83. The number of anilines is 1. The Morgan fingerprint density at radius 2 is 2.05 bits per heavy atom. The maximum atomic E-state index is 12.1. The Kier molecular flexibility index (Phi) is 5.23. The number of ether oxygens (including phenoxy) is 1. The minimum atomic E-state index is -4.83. The SMILES string of the molecule is CCC(CN)S(=O)(=O)Nc1cccc(OC(F)(F)F)c1. The Morgan fingerprint density at radius 1 is 1.40 bits per heavy atom. The third kappa shape index (κ3) is 4.89. The Balaban J connectivity index is 2.91. The van der Waals surface area contributed by atoms with Gasteiger partial charge in [-0.25, -0.2) is 8.42 Å². The first kappa shape index (κ1) is 16.6. The third-order valence-corrected chi connectivity index (χ3v) is 4.41. The lowest BCUT2D eigenvalue weighted by Gasteiger charge is -2.16. The second-order valence-electron chi connectivity index (χ2n) is 3.99. The predicted molar refractivity (Wildman–Crippen MR) is 68.8 cm³/mol. The molecule has 1 rings (SSSR count). The van der Waals surface area contributed by atoms with Gasteiger partial charge in [-0.05, 0) is 18.6 Å². The molecule has 0 saturated heterocycles. The van der Waals surface area contributed by atoms with Crippen LogP contribution >= 0.6 is 0 Å². The lowest BCUT2D eigenvalue weighted by atomic mass is 10.3. The summed E-state index contributed by atoms with van der Waals surface area (Å²) in [7, 11) is -3.75. The van der Waals surface area contributed by atoms with E-state index in [0.29, 0.717) is 6.42 Å². The van der Waals surface area contributed by atoms with Crippen molar-refractivity contribution in [1.82, 2.24) is 0 Å². The molecule has 114 valence electrons. The summed E-state index contributed by atoms with van der Waals surface area (Å²) in [6.07, 6.45) is -4.54. The summed E-state index contributed by atoms with van der Waals surface area (Å²) in [6, 6.07) is 4.60. The highest BCUT2D eigenvalue weighted by atomic mass is 32.2. The molecule has 20 heavy (non-hydrogen) atoms. The largest absolute Gasteiger partial charge is 0.573 e. The van der Waals surface area contributed by atoms with Crippen molar-refractivity contribution in [3.8, 4) is 5.75 Å². The molecule has 0 spiro atoms. The summed E-state index contributed by atoms with van der Waals surface area (Å²) >= 11 is 0. The lowest BCUT2D eigenvalue weighted by Crippen LogP contribution is -2.33. The van der Waals surface area contributed by atoms with Crippen LogP contribution in [0, 0.1) is 0 Å². The topological polar surface area (TPSA) is 81.4 Å². The van der Waals surface area contributed by atoms with Gasteiger partial charge in [-0.1, -0.05) is 13.0 Å². The van der Waals surface area contributed by atoms with Gasteiger partial charge in [-0.3, -0.25) is 4.72 Å². The highest BCUT2D eigenvalue weighted by Crippen LogP contribution is 2.25. The second-order valence-corrected chi connectivity index (χ2v) is 5.95. The number of rotatable bonds is 6. The fraction of sp³-hybridized carbons (Fsp3) is 0.455. The molecule has 0 amide bonds. The molecular weight excluding hydrogens is 297 g/mol. The van der Waals surface area contributed by atoms with Crippen molar-refractivity contribution in [3.05, 3.63) is 24.3 Å². The lowest BCUT2D eigenvalue weighted by molar-refractivity contribution is -0.274. The molecule has 0 aliphatic rings. The van der Waals surface area contributed by atoms with E-state index < -0.39 is 27.4 Å². The van der Waals surface area contributed by atoms with E-state index in [0.717, 1.165) is 12.1 Å². The van der Waals surface area contributed by atoms with Crippen LogP contribution in [-0.4, -0.2) is 26.6 Å². The normalized spacial score (nSPS) is 13.8. The van der Waals surface area contributed by atoms with Crippen LogP contribution in [0.25, 0.3) is 0 Å². The molecule has 0 fully saturated rings.